The third-order valence-electron chi connectivity index (χ3n) is 5.07. The molecule has 0 unspecified atom stereocenters. The van der Waals surface area contributed by atoms with E-state index in [1.807, 2.05) is 6.92 Å². The van der Waals surface area contributed by atoms with Gasteiger partial charge in [0.2, 0.25) is 0 Å². The Bertz CT molecular complexity index is 443. The van der Waals surface area contributed by atoms with Gasteiger partial charge in [-0.1, -0.05) is 12.2 Å². The molecule has 1 heterocycles. The van der Waals surface area contributed by atoms with E-state index in [-0.39, 0.29) is 5.25 Å². The first-order valence-corrected chi connectivity index (χ1v) is 8.88. The first-order chi connectivity index (χ1) is 8.54. The molecule has 3 rings (SSSR count). The molecule has 4 heteroatoms. The zero-order valence-electron chi connectivity index (χ0n) is 11.1. The smallest absolute Gasteiger partial charge is 0.154 e. The Morgan fingerprint density at radius 3 is 2.72 bits per heavy atom. The topological polar surface area (TPSA) is 37.4 Å². The van der Waals surface area contributed by atoms with Crippen molar-refractivity contribution in [2.75, 3.05) is 25.4 Å². The van der Waals surface area contributed by atoms with Gasteiger partial charge in [-0.25, -0.2) is 8.42 Å². The minimum atomic E-state index is -2.83. The second-order valence-electron chi connectivity index (χ2n) is 6.31. The van der Waals surface area contributed by atoms with Gasteiger partial charge >= 0.3 is 0 Å². The monoisotopic (exact) mass is 269 g/mol. The summed E-state index contributed by atoms with van der Waals surface area (Å²) in [5.41, 5.74) is 0. The number of nitrogens with zero attached hydrogens (tertiary/aromatic N) is 1. The lowest BCUT2D eigenvalue weighted by Gasteiger charge is -2.26. The van der Waals surface area contributed by atoms with E-state index in [0.717, 1.165) is 43.8 Å². The predicted molar refractivity (Wildman–Crippen MR) is 73.1 cm³/mol. The van der Waals surface area contributed by atoms with Crippen molar-refractivity contribution in [1.82, 2.24) is 4.90 Å². The van der Waals surface area contributed by atoms with Gasteiger partial charge in [-0.05, 0) is 50.5 Å². The number of allylic oxidation sites excluding steroid dienone is 2. The number of hydrogen-bond donors (Lipinski definition) is 0. The Kier molecular flexibility index (Phi) is 3.27. The summed E-state index contributed by atoms with van der Waals surface area (Å²) in [6.07, 6.45) is 8.22. The molecule has 0 aromatic rings. The van der Waals surface area contributed by atoms with E-state index in [2.05, 4.69) is 17.1 Å². The second-order valence-corrected chi connectivity index (χ2v) is 8.85. The van der Waals surface area contributed by atoms with Crippen LogP contribution < -0.4 is 0 Å². The summed E-state index contributed by atoms with van der Waals surface area (Å²) in [7, 11) is -2.83. The normalized spacial score (nSPS) is 43.2. The fourth-order valence-corrected chi connectivity index (χ4v) is 5.11. The van der Waals surface area contributed by atoms with E-state index in [1.165, 1.54) is 12.8 Å². The van der Waals surface area contributed by atoms with Crippen LogP contribution in [-0.4, -0.2) is 44.0 Å². The SMILES string of the molecule is C[C@@H]1CCN(C[C@H]2C[C@H]3C=C[C@H]2C3)CCS1(=O)=O. The maximum absolute atomic E-state index is 11.9. The van der Waals surface area contributed by atoms with Crippen molar-refractivity contribution < 1.29 is 8.42 Å². The van der Waals surface area contributed by atoms with Crippen molar-refractivity contribution in [1.29, 1.82) is 0 Å². The first-order valence-electron chi connectivity index (χ1n) is 7.17. The van der Waals surface area contributed by atoms with E-state index in [9.17, 15) is 8.42 Å². The predicted octanol–water partition coefficient (Wildman–Crippen LogP) is 1.71. The molecule has 3 aliphatic rings. The van der Waals surface area contributed by atoms with Crippen LogP contribution >= 0.6 is 0 Å². The molecule has 0 aromatic carbocycles. The van der Waals surface area contributed by atoms with Crippen LogP contribution in [0.5, 0.6) is 0 Å². The Hall–Kier alpha value is -0.350. The average molecular weight is 269 g/mol. The number of sulfone groups is 1. The lowest BCUT2D eigenvalue weighted by Crippen LogP contribution is -2.33. The fraction of sp³-hybridized carbons (Fsp3) is 0.857. The third kappa shape index (κ3) is 2.37. The quantitative estimate of drug-likeness (QED) is 0.716. The number of fused-ring (bicyclic) bond motifs is 2. The van der Waals surface area contributed by atoms with E-state index in [1.54, 1.807) is 0 Å². The molecule has 18 heavy (non-hydrogen) atoms. The maximum Gasteiger partial charge on any atom is 0.154 e. The highest BCUT2D eigenvalue weighted by Crippen LogP contribution is 2.43. The summed E-state index contributed by atoms with van der Waals surface area (Å²) in [4.78, 5) is 2.39. The highest BCUT2D eigenvalue weighted by molar-refractivity contribution is 7.92. The summed E-state index contributed by atoms with van der Waals surface area (Å²) in [6.45, 7) is 4.66. The van der Waals surface area contributed by atoms with Crippen LogP contribution in [0.15, 0.2) is 12.2 Å². The second kappa shape index (κ2) is 4.64. The van der Waals surface area contributed by atoms with Gasteiger partial charge in [-0.3, -0.25) is 0 Å². The molecule has 3 nitrogen and oxygen atoms in total. The molecule has 4 atom stereocenters. The molecule has 102 valence electrons. The number of hydrogen-bond acceptors (Lipinski definition) is 3. The standard InChI is InChI=1S/C14H23NO2S/c1-11-4-5-15(6-7-18(11,16)17)10-14-9-12-2-3-13(14)8-12/h2-3,11-14H,4-10H2,1H3/t11-,12+,13+,14-/m1/s1. The van der Waals surface area contributed by atoms with E-state index >= 15 is 0 Å². The molecule has 2 bridgehead atoms. The molecule has 1 saturated heterocycles. The van der Waals surface area contributed by atoms with E-state index in [0.29, 0.717) is 5.75 Å². The van der Waals surface area contributed by atoms with Crippen LogP contribution in [0, 0.1) is 17.8 Å². The lowest BCUT2D eigenvalue weighted by atomic mass is 9.93. The molecular weight excluding hydrogens is 246 g/mol. The minimum Gasteiger partial charge on any atom is -0.302 e. The molecule has 0 N–H and O–H groups in total. The van der Waals surface area contributed by atoms with Gasteiger partial charge < -0.3 is 4.90 Å². The lowest BCUT2D eigenvalue weighted by molar-refractivity contribution is 0.226. The summed E-state index contributed by atoms with van der Waals surface area (Å²) >= 11 is 0. The van der Waals surface area contributed by atoms with E-state index in [4.69, 9.17) is 0 Å². The summed E-state index contributed by atoms with van der Waals surface area (Å²) in [5.74, 6) is 2.71. The Morgan fingerprint density at radius 1 is 1.22 bits per heavy atom. The van der Waals surface area contributed by atoms with Crippen molar-refractivity contribution in [3.05, 3.63) is 12.2 Å². The largest absolute Gasteiger partial charge is 0.302 e. The maximum atomic E-state index is 11.9. The molecule has 0 aromatic heterocycles. The minimum absolute atomic E-state index is 0.151. The van der Waals surface area contributed by atoms with Crippen molar-refractivity contribution in [3.8, 4) is 0 Å². The van der Waals surface area contributed by atoms with Crippen LogP contribution in [0.3, 0.4) is 0 Å². The van der Waals surface area contributed by atoms with Crippen molar-refractivity contribution in [2.24, 2.45) is 17.8 Å². The summed E-state index contributed by atoms with van der Waals surface area (Å²) in [6, 6.07) is 0. The van der Waals surface area contributed by atoms with Gasteiger partial charge in [0, 0.05) is 13.1 Å². The van der Waals surface area contributed by atoms with Crippen LogP contribution in [0.25, 0.3) is 0 Å². The molecule has 0 radical (unpaired) electrons. The van der Waals surface area contributed by atoms with E-state index < -0.39 is 9.84 Å². The van der Waals surface area contributed by atoms with Crippen LogP contribution in [0.1, 0.15) is 26.2 Å². The third-order valence-corrected chi connectivity index (χ3v) is 7.28. The fourth-order valence-electron chi connectivity index (χ4n) is 3.73. The van der Waals surface area contributed by atoms with Gasteiger partial charge in [0.15, 0.2) is 9.84 Å². The molecule has 1 aliphatic heterocycles. The summed E-state index contributed by atoms with van der Waals surface area (Å²) in [5, 5.41) is -0.151. The van der Waals surface area contributed by atoms with Gasteiger partial charge in [-0.2, -0.15) is 0 Å². The van der Waals surface area contributed by atoms with Crippen molar-refractivity contribution >= 4 is 9.84 Å². The Morgan fingerprint density at radius 2 is 2.06 bits per heavy atom. The zero-order chi connectivity index (χ0) is 12.8. The molecule has 2 fully saturated rings. The highest BCUT2D eigenvalue weighted by Gasteiger charge is 2.37. The van der Waals surface area contributed by atoms with Gasteiger partial charge in [0.1, 0.15) is 0 Å². The first kappa shape index (κ1) is 12.7. The van der Waals surface area contributed by atoms with Crippen molar-refractivity contribution in [3.63, 3.8) is 0 Å². The van der Waals surface area contributed by atoms with Crippen molar-refractivity contribution in [2.45, 2.75) is 31.4 Å². The molecule has 0 amide bonds. The highest BCUT2D eigenvalue weighted by atomic mass is 32.2. The molecule has 2 aliphatic carbocycles. The molecule has 1 saturated carbocycles. The van der Waals surface area contributed by atoms with Gasteiger partial charge in [0.05, 0.1) is 11.0 Å². The average Bonchev–Trinajstić information content (AvgIpc) is 2.91. The van der Waals surface area contributed by atoms with Crippen LogP contribution in [0.2, 0.25) is 0 Å². The Balaban J connectivity index is 1.59. The van der Waals surface area contributed by atoms with Crippen LogP contribution in [-0.2, 0) is 9.84 Å². The Labute approximate surface area is 110 Å². The molecule has 0 spiro atoms. The zero-order valence-corrected chi connectivity index (χ0v) is 11.9. The van der Waals surface area contributed by atoms with Gasteiger partial charge in [0.25, 0.3) is 0 Å². The molecular formula is C14H23NO2S. The van der Waals surface area contributed by atoms with Gasteiger partial charge in [-0.15, -0.1) is 0 Å². The number of rotatable bonds is 2. The summed E-state index contributed by atoms with van der Waals surface area (Å²) < 4.78 is 23.7. The van der Waals surface area contributed by atoms with Crippen LogP contribution in [0.4, 0.5) is 0 Å².